The molecule has 0 aromatic rings. The molecule has 0 aromatic carbocycles. The van der Waals surface area contributed by atoms with Crippen LogP contribution in [0.3, 0.4) is 0 Å². The number of nitrogens with one attached hydrogen (secondary N) is 1. The summed E-state index contributed by atoms with van der Waals surface area (Å²) < 4.78 is 11.2. The van der Waals surface area contributed by atoms with Crippen molar-refractivity contribution in [3.05, 3.63) is 11.8 Å². The van der Waals surface area contributed by atoms with Gasteiger partial charge in [0.2, 0.25) is 0 Å². The van der Waals surface area contributed by atoms with E-state index in [0.29, 0.717) is 12.1 Å². The second kappa shape index (κ2) is 5.52. The minimum Gasteiger partial charge on any atom is -0.501 e. The van der Waals surface area contributed by atoms with Gasteiger partial charge in [0.1, 0.15) is 0 Å². The molecule has 2 aliphatic rings. The number of ether oxygens (including phenoxy) is 2. The topological polar surface area (TPSA) is 30.5 Å². The summed E-state index contributed by atoms with van der Waals surface area (Å²) >= 11 is 0. The maximum Gasteiger partial charge on any atom is 0.0876 e. The molecule has 0 aromatic heterocycles. The molecule has 2 rings (SSSR count). The van der Waals surface area contributed by atoms with Crippen molar-refractivity contribution in [1.82, 2.24) is 5.32 Å². The Morgan fingerprint density at radius 1 is 1.33 bits per heavy atom. The summed E-state index contributed by atoms with van der Waals surface area (Å²) in [7, 11) is 2.01. The zero-order chi connectivity index (χ0) is 10.5. The van der Waals surface area contributed by atoms with Crippen LogP contribution in [0.2, 0.25) is 0 Å². The van der Waals surface area contributed by atoms with Crippen LogP contribution in [0, 0.1) is 0 Å². The molecule has 1 N–H and O–H groups in total. The molecule has 3 nitrogen and oxygen atoms in total. The van der Waals surface area contributed by atoms with Crippen molar-refractivity contribution in [2.24, 2.45) is 0 Å². The third-order valence-electron chi connectivity index (χ3n) is 3.26. The van der Waals surface area contributed by atoms with Gasteiger partial charge in [-0.1, -0.05) is 0 Å². The van der Waals surface area contributed by atoms with Crippen LogP contribution >= 0.6 is 0 Å². The zero-order valence-corrected chi connectivity index (χ0v) is 9.50. The van der Waals surface area contributed by atoms with Gasteiger partial charge in [0, 0.05) is 6.61 Å². The van der Waals surface area contributed by atoms with Gasteiger partial charge in [0.15, 0.2) is 0 Å². The zero-order valence-electron chi connectivity index (χ0n) is 9.50. The van der Waals surface area contributed by atoms with Crippen molar-refractivity contribution in [3.63, 3.8) is 0 Å². The van der Waals surface area contributed by atoms with Gasteiger partial charge in [-0.05, 0) is 44.7 Å². The van der Waals surface area contributed by atoms with E-state index in [1.807, 2.05) is 13.3 Å². The van der Waals surface area contributed by atoms with Gasteiger partial charge in [-0.15, -0.1) is 0 Å². The smallest absolute Gasteiger partial charge is 0.0876 e. The standard InChI is InChI=1S/C12H21NO2/c1-13-12(10-5-4-7-14-9-10)11-6-2-3-8-15-11/h9,11-13H,2-8H2,1H3. The van der Waals surface area contributed by atoms with Crippen LogP contribution in [-0.2, 0) is 9.47 Å². The maximum absolute atomic E-state index is 5.83. The lowest BCUT2D eigenvalue weighted by Gasteiger charge is -2.32. The van der Waals surface area contributed by atoms with Crippen LogP contribution in [0.1, 0.15) is 32.1 Å². The molecule has 2 atom stereocenters. The van der Waals surface area contributed by atoms with Gasteiger partial charge in [0.25, 0.3) is 0 Å². The first-order valence-corrected chi connectivity index (χ1v) is 6.01. The average Bonchev–Trinajstić information content (AvgIpc) is 2.33. The average molecular weight is 211 g/mol. The summed E-state index contributed by atoms with van der Waals surface area (Å²) in [5.74, 6) is 0. The molecule has 0 aliphatic carbocycles. The van der Waals surface area contributed by atoms with E-state index in [0.717, 1.165) is 26.1 Å². The van der Waals surface area contributed by atoms with Gasteiger partial charge in [0.05, 0.1) is 25.0 Å². The Bertz CT molecular complexity index is 222. The van der Waals surface area contributed by atoms with Gasteiger partial charge >= 0.3 is 0 Å². The predicted octanol–water partition coefficient (Wildman–Crippen LogP) is 1.84. The van der Waals surface area contributed by atoms with Crippen LogP contribution in [0.4, 0.5) is 0 Å². The summed E-state index contributed by atoms with van der Waals surface area (Å²) in [6, 6.07) is 0.352. The molecule has 2 unspecified atom stereocenters. The second-order valence-electron chi connectivity index (χ2n) is 4.34. The first kappa shape index (κ1) is 11.0. The molecule has 1 fully saturated rings. The first-order chi connectivity index (χ1) is 7.42. The quantitative estimate of drug-likeness (QED) is 0.772. The van der Waals surface area contributed by atoms with Crippen LogP contribution in [-0.4, -0.2) is 32.4 Å². The molecule has 0 saturated carbocycles. The number of rotatable bonds is 3. The van der Waals surface area contributed by atoms with E-state index in [4.69, 9.17) is 9.47 Å². The van der Waals surface area contributed by atoms with E-state index in [2.05, 4.69) is 5.32 Å². The third kappa shape index (κ3) is 2.73. The molecular formula is C12H21NO2. The van der Waals surface area contributed by atoms with E-state index in [1.54, 1.807) is 0 Å². The fourth-order valence-corrected chi connectivity index (χ4v) is 2.45. The molecular weight excluding hydrogens is 190 g/mol. The minimum atomic E-state index is 0.344. The van der Waals surface area contributed by atoms with E-state index in [9.17, 15) is 0 Å². The molecule has 0 amide bonds. The van der Waals surface area contributed by atoms with E-state index in [1.165, 1.54) is 24.8 Å². The second-order valence-corrected chi connectivity index (χ2v) is 4.34. The lowest BCUT2D eigenvalue weighted by atomic mass is 9.93. The number of hydrogen-bond donors (Lipinski definition) is 1. The van der Waals surface area contributed by atoms with E-state index in [-0.39, 0.29) is 0 Å². The fourth-order valence-electron chi connectivity index (χ4n) is 2.45. The molecule has 2 heterocycles. The summed E-state index contributed by atoms with van der Waals surface area (Å²) in [6.45, 7) is 1.78. The highest BCUT2D eigenvalue weighted by atomic mass is 16.5. The summed E-state index contributed by atoms with van der Waals surface area (Å²) in [6.07, 6.45) is 8.23. The summed E-state index contributed by atoms with van der Waals surface area (Å²) in [4.78, 5) is 0. The van der Waals surface area contributed by atoms with Crippen LogP contribution in [0.15, 0.2) is 11.8 Å². The lowest BCUT2D eigenvalue weighted by molar-refractivity contribution is -0.000721. The molecule has 0 bridgehead atoms. The highest BCUT2D eigenvalue weighted by Gasteiger charge is 2.27. The van der Waals surface area contributed by atoms with E-state index >= 15 is 0 Å². The van der Waals surface area contributed by atoms with Crippen LogP contribution in [0.25, 0.3) is 0 Å². The van der Waals surface area contributed by atoms with Crippen molar-refractivity contribution < 1.29 is 9.47 Å². The molecule has 0 spiro atoms. The van der Waals surface area contributed by atoms with E-state index < -0.39 is 0 Å². The van der Waals surface area contributed by atoms with Crippen molar-refractivity contribution in [2.45, 2.75) is 44.2 Å². The fraction of sp³-hybridized carbons (Fsp3) is 0.833. The maximum atomic E-state index is 5.83. The molecule has 15 heavy (non-hydrogen) atoms. The molecule has 1 saturated heterocycles. The van der Waals surface area contributed by atoms with Gasteiger partial charge < -0.3 is 14.8 Å². The summed E-state index contributed by atoms with van der Waals surface area (Å²) in [5.41, 5.74) is 1.37. The highest BCUT2D eigenvalue weighted by molar-refractivity contribution is 5.12. The van der Waals surface area contributed by atoms with Crippen molar-refractivity contribution in [2.75, 3.05) is 20.3 Å². The van der Waals surface area contributed by atoms with Crippen LogP contribution in [0.5, 0.6) is 0 Å². The van der Waals surface area contributed by atoms with Crippen LogP contribution < -0.4 is 5.32 Å². The first-order valence-electron chi connectivity index (χ1n) is 6.01. The SMILES string of the molecule is CNC(C1=COCCC1)C1CCCCO1. The monoisotopic (exact) mass is 211 g/mol. The predicted molar refractivity (Wildman–Crippen MR) is 59.7 cm³/mol. The molecule has 2 aliphatic heterocycles. The Morgan fingerprint density at radius 2 is 2.27 bits per heavy atom. The van der Waals surface area contributed by atoms with Crippen molar-refractivity contribution >= 4 is 0 Å². The highest BCUT2D eigenvalue weighted by Crippen LogP contribution is 2.24. The Labute approximate surface area is 91.8 Å². The lowest BCUT2D eigenvalue weighted by Crippen LogP contribution is -2.43. The normalized spacial score (nSPS) is 29.1. The Kier molecular flexibility index (Phi) is 4.03. The largest absolute Gasteiger partial charge is 0.501 e. The number of hydrogen-bond acceptors (Lipinski definition) is 3. The van der Waals surface area contributed by atoms with Crippen molar-refractivity contribution in [3.8, 4) is 0 Å². The van der Waals surface area contributed by atoms with Crippen molar-refractivity contribution in [1.29, 1.82) is 0 Å². The molecule has 3 heteroatoms. The summed E-state index contributed by atoms with van der Waals surface area (Å²) in [5, 5.41) is 3.37. The number of likely N-dealkylation sites (N-methyl/N-ethyl adjacent to an activating group) is 1. The van der Waals surface area contributed by atoms with Gasteiger partial charge in [-0.25, -0.2) is 0 Å². The molecule has 86 valence electrons. The Hall–Kier alpha value is -0.540. The van der Waals surface area contributed by atoms with Gasteiger partial charge in [-0.2, -0.15) is 0 Å². The third-order valence-corrected chi connectivity index (χ3v) is 3.26. The minimum absolute atomic E-state index is 0.344. The Balaban J connectivity index is 1.98. The van der Waals surface area contributed by atoms with Gasteiger partial charge in [-0.3, -0.25) is 0 Å². The Morgan fingerprint density at radius 3 is 2.87 bits per heavy atom. The molecule has 0 radical (unpaired) electrons.